The summed E-state index contributed by atoms with van der Waals surface area (Å²) in [7, 11) is 0. The smallest absolute Gasteiger partial charge is 0.224 e. The molecule has 4 heteroatoms. The minimum Gasteiger partial charge on any atom is -0.326 e. The highest BCUT2D eigenvalue weighted by Gasteiger charge is 2.28. The van der Waals surface area contributed by atoms with E-state index in [2.05, 4.69) is 48.0 Å². The quantitative estimate of drug-likeness (QED) is 0.869. The molecule has 1 aromatic rings. The molecule has 4 nitrogen and oxygen atoms in total. The van der Waals surface area contributed by atoms with E-state index in [0.29, 0.717) is 6.42 Å². The normalized spacial score (nSPS) is 22.0. The fourth-order valence-electron chi connectivity index (χ4n) is 4.16. The van der Waals surface area contributed by atoms with E-state index in [0.717, 1.165) is 31.2 Å². The summed E-state index contributed by atoms with van der Waals surface area (Å²) < 4.78 is 0. The SMILES string of the molecule is CC(C)(C)c1ccc(NC(=O)CCCN2CCN3CCCCC3C2)cc1. The summed E-state index contributed by atoms with van der Waals surface area (Å²) in [5, 5.41) is 3.04. The minimum absolute atomic E-state index is 0.129. The molecule has 0 aromatic heterocycles. The molecule has 1 amide bonds. The van der Waals surface area contributed by atoms with Gasteiger partial charge in [0.05, 0.1) is 0 Å². The summed E-state index contributed by atoms with van der Waals surface area (Å²) in [5.41, 5.74) is 2.33. The van der Waals surface area contributed by atoms with Crippen LogP contribution in [0, 0.1) is 0 Å². The molecular weight excluding hydrogens is 322 g/mol. The number of nitrogens with one attached hydrogen (secondary N) is 1. The molecule has 0 bridgehead atoms. The number of hydrogen-bond acceptors (Lipinski definition) is 3. The average molecular weight is 358 g/mol. The Morgan fingerprint density at radius 3 is 2.62 bits per heavy atom. The van der Waals surface area contributed by atoms with Gasteiger partial charge in [-0.15, -0.1) is 0 Å². The maximum Gasteiger partial charge on any atom is 0.224 e. The van der Waals surface area contributed by atoms with Crippen LogP contribution in [0.1, 0.15) is 58.4 Å². The van der Waals surface area contributed by atoms with Crippen molar-refractivity contribution in [2.75, 3.05) is 38.0 Å². The maximum atomic E-state index is 12.2. The van der Waals surface area contributed by atoms with Gasteiger partial charge in [0, 0.05) is 37.8 Å². The first-order chi connectivity index (χ1) is 12.4. The Hall–Kier alpha value is -1.39. The highest BCUT2D eigenvalue weighted by atomic mass is 16.1. The zero-order valence-corrected chi connectivity index (χ0v) is 16.8. The molecule has 3 rings (SSSR count). The van der Waals surface area contributed by atoms with E-state index in [1.54, 1.807) is 0 Å². The highest BCUT2D eigenvalue weighted by Crippen LogP contribution is 2.24. The standard InChI is InChI=1S/C22H35N3O/c1-22(2,3)18-9-11-19(12-10-18)23-21(26)8-6-13-24-15-16-25-14-5-4-7-20(25)17-24/h9-12,20H,4-8,13-17H2,1-3H3,(H,23,26). The number of amides is 1. The molecule has 2 aliphatic rings. The molecule has 2 saturated heterocycles. The Bertz CT molecular complexity index is 590. The van der Waals surface area contributed by atoms with Crippen LogP contribution in [-0.2, 0) is 10.2 Å². The zero-order valence-electron chi connectivity index (χ0n) is 16.8. The molecule has 0 saturated carbocycles. The number of hydrogen-bond donors (Lipinski definition) is 1. The van der Waals surface area contributed by atoms with Crippen molar-refractivity contribution >= 4 is 11.6 Å². The number of fused-ring (bicyclic) bond motifs is 1. The Labute approximate surface area is 158 Å². The highest BCUT2D eigenvalue weighted by molar-refractivity contribution is 5.90. The van der Waals surface area contributed by atoms with Gasteiger partial charge in [-0.2, -0.15) is 0 Å². The Balaban J connectivity index is 1.38. The van der Waals surface area contributed by atoms with Crippen LogP contribution in [-0.4, -0.2) is 54.5 Å². The van der Waals surface area contributed by atoms with E-state index in [9.17, 15) is 4.79 Å². The van der Waals surface area contributed by atoms with Gasteiger partial charge in [0.25, 0.3) is 0 Å². The largest absolute Gasteiger partial charge is 0.326 e. The lowest BCUT2D eigenvalue weighted by molar-refractivity contribution is -0.116. The summed E-state index contributed by atoms with van der Waals surface area (Å²) in [6, 6.07) is 9.01. The number of carbonyl (C=O) groups excluding carboxylic acids is 1. The van der Waals surface area contributed by atoms with Gasteiger partial charge in [-0.1, -0.05) is 39.3 Å². The van der Waals surface area contributed by atoms with Gasteiger partial charge in [-0.05, 0) is 55.5 Å². The number of piperidine rings is 1. The van der Waals surface area contributed by atoms with Gasteiger partial charge in [-0.25, -0.2) is 0 Å². The van der Waals surface area contributed by atoms with Gasteiger partial charge >= 0.3 is 0 Å². The molecule has 1 aromatic carbocycles. The first-order valence-electron chi connectivity index (χ1n) is 10.3. The van der Waals surface area contributed by atoms with Crippen molar-refractivity contribution in [2.45, 2.75) is 64.3 Å². The maximum absolute atomic E-state index is 12.2. The molecular formula is C22H35N3O. The van der Waals surface area contributed by atoms with Crippen molar-refractivity contribution in [1.29, 1.82) is 0 Å². The topological polar surface area (TPSA) is 35.6 Å². The molecule has 2 heterocycles. The van der Waals surface area contributed by atoms with Gasteiger partial charge < -0.3 is 10.2 Å². The van der Waals surface area contributed by atoms with Crippen LogP contribution < -0.4 is 5.32 Å². The van der Waals surface area contributed by atoms with Gasteiger partial charge in [-0.3, -0.25) is 9.69 Å². The molecule has 0 spiro atoms. The molecule has 144 valence electrons. The second-order valence-corrected chi connectivity index (χ2v) is 8.97. The van der Waals surface area contributed by atoms with Crippen LogP contribution in [0.5, 0.6) is 0 Å². The number of carbonyl (C=O) groups is 1. The zero-order chi connectivity index (χ0) is 18.6. The lowest BCUT2D eigenvalue weighted by Crippen LogP contribution is -2.54. The minimum atomic E-state index is 0.129. The van der Waals surface area contributed by atoms with Crippen LogP contribution in [0.4, 0.5) is 5.69 Å². The monoisotopic (exact) mass is 357 g/mol. The second kappa shape index (κ2) is 8.53. The Kier molecular flexibility index (Phi) is 6.36. The summed E-state index contributed by atoms with van der Waals surface area (Å²) in [4.78, 5) is 17.4. The van der Waals surface area contributed by atoms with Crippen molar-refractivity contribution in [2.24, 2.45) is 0 Å². The molecule has 26 heavy (non-hydrogen) atoms. The number of piperazine rings is 1. The van der Waals surface area contributed by atoms with E-state index in [1.165, 1.54) is 44.5 Å². The average Bonchev–Trinajstić information content (AvgIpc) is 2.61. The van der Waals surface area contributed by atoms with E-state index in [1.807, 2.05) is 12.1 Å². The fourth-order valence-corrected chi connectivity index (χ4v) is 4.16. The number of benzene rings is 1. The van der Waals surface area contributed by atoms with E-state index < -0.39 is 0 Å². The van der Waals surface area contributed by atoms with E-state index >= 15 is 0 Å². The Morgan fingerprint density at radius 2 is 1.88 bits per heavy atom. The van der Waals surface area contributed by atoms with Crippen LogP contribution in [0.15, 0.2) is 24.3 Å². The van der Waals surface area contributed by atoms with Crippen molar-refractivity contribution < 1.29 is 4.79 Å². The first kappa shape index (κ1) is 19.4. The third-order valence-electron chi connectivity index (χ3n) is 5.83. The van der Waals surface area contributed by atoms with Gasteiger partial charge in [0.2, 0.25) is 5.91 Å². The van der Waals surface area contributed by atoms with Gasteiger partial charge in [0.1, 0.15) is 0 Å². The predicted molar refractivity (Wildman–Crippen MR) is 109 cm³/mol. The third kappa shape index (κ3) is 5.31. The Morgan fingerprint density at radius 1 is 1.12 bits per heavy atom. The van der Waals surface area contributed by atoms with Crippen LogP contribution in [0.25, 0.3) is 0 Å². The van der Waals surface area contributed by atoms with E-state index in [-0.39, 0.29) is 11.3 Å². The molecule has 2 fully saturated rings. The molecule has 0 radical (unpaired) electrons. The molecule has 0 aliphatic carbocycles. The molecule has 2 aliphatic heterocycles. The van der Waals surface area contributed by atoms with Crippen molar-refractivity contribution in [3.63, 3.8) is 0 Å². The fraction of sp³-hybridized carbons (Fsp3) is 0.682. The molecule has 1 atom stereocenters. The van der Waals surface area contributed by atoms with Crippen molar-refractivity contribution in [1.82, 2.24) is 9.80 Å². The van der Waals surface area contributed by atoms with E-state index in [4.69, 9.17) is 0 Å². The number of rotatable bonds is 5. The van der Waals surface area contributed by atoms with Crippen molar-refractivity contribution in [3.05, 3.63) is 29.8 Å². The van der Waals surface area contributed by atoms with Crippen molar-refractivity contribution in [3.8, 4) is 0 Å². The van der Waals surface area contributed by atoms with Crippen LogP contribution >= 0.6 is 0 Å². The lowest BCUT2D eigenvalue weighted by atomic mass is 9.87. The first-order valence-corrected chi connectivity index (χ1v) is 10.3. The summed E-state index contributed by atoms with van der Waals surface area (Å²) in [6.45, 7) is 12.5. The number of anilines is 1. The second-order valence-electron chi connectivity index (χ2n) is 8.97. The summed E-state index contributed by atoms with van der Waals surface area (Å²) >= 11 is 0. The predicted octanol–water partition coefficient (Wildman–Crippen LogP) is 3.87. The number of nitrogens with zero attached hydrogens (tertiary/aromatic N) is 2. The molecule has 1 unspecified atom stereocenters. The summed E-state index contributed by atoms with van der Waals surface area (Å²) in [5.74, 6) is 0.129. The van der Waals surface area contributed by atoms with Crippen LogP contribution in [0.3, 0.4) is 0 Å². The van der Waals surface area contributed by atoms with Gasteiger partial charge in [0.15, 0.2) is 0 Å². The lowest BCUT2D eigenvalue weighted by Gasteiger charge is -2.44. The molecule has 1 N–H and O–H groups in total. The van der Waals surface area contributed by atoms with Crippen LogP contribution in [0.2, 0.25) is 0 Å². The summed E-state index contributed by atoms with van der Waals surface area (Å²) in [6.07, 6.45) is 5.64. The third-order valence-corrected chi connectivity index (χ3v) is 5.83.